The molecule has 1 aromatic carbocycles. The number of aryl methyl sites for hydroxylation is 1. The number of fused-ring (bicyclic) bond motifs is 4. The molecule has 9 nitrogen and oxygen atoms in total. The van der Waals surface area contributed by atoms with Gasteiger partial charge in [-0.15, -0.1) is 11.8 Å². The Kier molecular flexibility index (Phi) is 9.61. The highest BCUT2D eigenvalue weighted by Crippen LogP contribution is 2.55. The Morgan fingerprint density at radius 1 is 1.10 bits per heavy atom. The maximum atomic E-state index is 16.4. The van der Waals surface area contributed by atoms with Crippen molar-refractivity contribution in [2.45, 2.75) is 133 Å². The number of aromatic nitrogens is 2. The minimum Gasteiger partial charge on any atom is -0.444 e. The highest BCUT2D eigenvalue weighted by molar-refractivity contribution is 9.10. The van der Waals surface area contributed by atoms with Crippen molar-refractivity contribution in [1.29, 1.82) is 5.26 Å². The number of hydrogen-bond donors (Lipinski definition) is 0. The van der Waals surface area contributed by atoms with Crippen molar-refractivity contribution >= 4 is 69.8 Å². The van der Waals surface area contributed by atoms with Crippen molar-refractivity contribution in [2.24, 2.45) is 11.8 Å². The van der Waals surface area contributed by atoms with E-state index in [1.807, 2.05) is 38.0 Å². The summed E-state index contributed by atoms with van der Waals surface area (Å²) in [5.74, 6) is -0.0672. The summed E-state index contributed by atoms with van der Waals surface area (Å²) in [6, 6.07) is 5.92. The summed E-state index contributed by atoms with van der Waals surface area (Å²) in [6.07, 6.45) is 5.48. The number of rotatable bonds is 8. The minimum absolute atomic E-state index is 0.0149. The van der Waals surface area contributed by atoms with E-state index in [0.29, 0.717) is 46.4 Å². The molecule has 2 bridgehead atoms. The molecule has 5 atom stereocenters. The van der Waals surface area contributed by atoms with Gasteiger partial charge in [0.25, 0.3) is 0 Å². The molecular formula is C39H51BrFN5O4SSi. The summed E-state index contributed by atoms with van der Waals surface area (Å²) < 4.78 is 32.0. The van der Waals surface area contributed by atoms with Crippen LogP contribution in [-0.2, 0) is 20.4 Å². The number of pyridine rings is 1. The molecule has 2 aromatic heterocycles. The van der Waals surface area contributed by atoms with Gasteiger partial charge in [-0.1, -0.05) is 20.8 Å². The number of benzene rings is 1. The maximum Gasteiger partial charge on any atom is 0.410 e. The fourth-order valence-electron chi connectivity index (χ4n) is 8.28. The van der Waals surface area contributed by atoms with Crippen LogP contribution < -0.4 is 0 Å². The molecule has 0 unspecified atom stereocenters. The minimum atomic E-state index is -2.16. The van der Waals surface area contributed by atoms with Crippen molar-refractivity contribution in [3.05, 3.63) is 33.7 Å². The van der Waals surface area contributed by atoms with Crippen LogP contribution in [-0.4, -0.2) is 76.8 Å². The van der Waals surface area contributed by atoms with Crippen molar-refractivity contribution in [3.8, 4) is 6.07 Å². The number of carbonyl (C=O) groups excluding carboxylic acids is 2. The summed E-state index contributed by atoms with van der Waals surface area (Å²) >= 11 is 4.96. The molecule has 13 heteroatoms. The van der Waals surface area contributed by atoms with E-state index in [-0.39, 0.29) is 65.0 Å². The summed E-state index contributed by atoms with van der Waals surface area (Å²) in [5, 5.41) is 11.7. The Hall–Kier alpha value is -2.66. The molecule has 0 radical (unpaired) electrons. The monoisotopic (exact) mass is 811 g/mol. The largest absolute Gasteiger partial charge is 0.444 e. The van der Waals surface area contributed by atoms with Crippen molar-refractivity contribution in [1.82, 2.24) is 19.4 Å². The van der Waals surface area contributed by atoms with Crippen LogP contribution in [0.2, 0.25) is 18.1 Å². The van der Waals surface area contributed by atoms with Gasteiger partial charge < -0.3 is 23.5 Å². The quantitative estimate of drug-likeness (QED) is 0.165. The summed E-state index contributed by atoms with van der Waals surface area (Å²) in [5.41, 5.74) is 2.21. The average molecular weight is 813 g/mol. The third-order valence-corrected chi connectivity index (χ3v) is 18.1. The van der Waals surface area contributed by atoms with Gasteiger partial charge in [-0.2, -0.15) is 5.26 Å². The normalized spacial score (nSPS) is 24.8. The Morgan fingerprint density at radius 2 is 1.81 bits per heavy atom. The van der Waals surface area contributed by atoms with Crippen molar-refractivity contribution in [3.63, 3.8) is 0 Å². The molecule has 0 N–H and O–H groups in total. The van der Waals surface area contributed by atoms with Crippen LogP contribution in [0.3, 0.4) is 0 Å². The third kappa shape index (κ3) is 6.47. The number of halogens is 2. The molecule has 2 saturated carbocycles. The SMILES string of the molecule is CSc1nc2c(F)c(Br)c(CCC#N)cc2c2c1cc([C@H]1C[C@H](O[Si](C)(C)C(C)(C)C)CN1C(=O)C1CC1)n2[C@H]1[C@@H]2C[C@H]1N(C(=O)OC(C)(C)C)C2. The van der Waals surface area contributed by atoms with Gasteiger partial charge in [0.2, 0.25) is 5.91 Å². The van der Waals surface area contributed by atoms with Gasteiger partial charge in [0.05, 0.1) is 40.3 Å². The lowest BCUT2D eigenvalue weighted by atomic mass is 9.79. The number of hydrogen-bond acceptors (Lipinski definition) is 7. The number of nitriles is 1. The first-order valence-electron chi connectivity index (χ1n) is 18.6. The number of likely N-dealkylation sites (tertiary alicyclic amines) is 1. The fourth-order valence-corrected chi connectivity index (χ4v) is 10.7. The molecule has 2 aliphatic carbocycles. The van der Waals surface area contributed by atoms with Crippen LogP contribution in [0.5, 0.6) is 0 Å². The molecule has 3 saturated heterocycles. The smallest absolute Gasteiger partial charge is 0.410 e. The highest BCUT2D eigenvalue weighted by Gasteiger charge is 2.57. The molecule has 52 heavy (non-hydrogen) atoms. The van der Waals surface area contributed by atoms with Gasteiger partial charge in [-0.05, 0) is 104 Å². The van der Waals surface area contributed by atoms with E-state index >= 15 is 4.39 Å². The predicted octanol–water partition coefficient (Wildman–Crippen LogP) is 9.52. The third-order valence-electron chi connectivity index (χ3n) is 12.0. The first kappa shape index (κ1) is 37.6. The van der Waals surface area contributed by atoms with E-state index in [9.17, 15) is 14.9 Å². The van der Waals surface area contributed by atoms with Gasteiger partial charge in [-0.3, -0.25) is 4.79 Å². The molecule has 0 spiro atoms. The second-order valence-electron chi connectivity index (χ2n) is 17.7. The second-order valence-corrected chi connectivity index (χ2v) is 24.1. The zero-order valence-electron chi connectivity index (χ0n) is 31.8. The van der Waals surface area contributed by atoms with Crippen LogP contribution in [0.25, 0.3) is 21.8 Å². The number of thioether (sulfide) groups is 1. The number of carbonyl (C=O) groups is 2. The predicted molar refractivity (Wildman–Crippen MR) is 208 cm³/mol. The van der Waals surface area contributed by atoms with E-state index < -0.39 is 19.7 Å². The summed E-state index contributed by atoms with van der Waals surface area (Å²) in [4.78, 5) is 36.6. The summed E-state index contributed by atoms with van der Waals surface area (Å²) in [6.45, 7) is 18.0. The number of nitrogens with zero attached hydrogens (tertiary/aromatic N) is 5. The Morgan fingerprint density at radius 3 is 2.42 bits per heavy atom. The van der Waals surface area contributed by atoms with E-state index in [4.69, 9.17) is 14.1 Å². The van der Waals surface area contributed by atoms with Crippen molar-refractivity contribution in [2.75, 3.05) is 19.3 Å². The molecule has 3 aliphatic heterocycles. The molecule has 280 valence electrons. The van der Waals surface area contributed by atoms with Gasteiger partial charge in [0.1, 0.15) is 16.1 Å². The lowest BCUT2D eigenvalue weighted by molar-refractivity contribution is -0.133. The van der Waals surface area contributed by atoms with E-state index in [1.165, 1.54) is 11.8 Å². The number of amides is 2. The van der Waals surface area contributed by atoms with Crippen LogP contribution in [0.4, 0.5) is 9.18 Å². The lowest BCUT2D eigenvalue weighted by Gasteiger charge is -2.40. The van der Waals surface area contributed by atoms with E-state index in [1.54, 1.807) is 0 Å². The first-order valence-corrected chi connectivity index (χ1v) is 23.5. The molecule has 5 heterocycles. The van der Waals surface area contributed by atoms with Gasteiger partial charge in [0, 0.05) is 54.2 Å². The fraction of sp³-hybridized carbons (Fsp3) is 0.641. The molecule has 5 fully saturated rings. The van der Waals surface area contributed by atoms with Crippen LogP contribution in [0.1, 0.15) is 97.0 Å². The summed E-state index contributed by atoms with van der Waals surface area (Å²) in [7, 11) is -2.16. The molecule has 5 aliphatic rings. The molecular weight excluding hydrogens is 762 g/mol. The second kappa shape index (κ2) is 13.3. The Labute approximate surface area is 320 Å². The van der Waals surface area contributed by atoms with Gasteiger partial charge in [0.15, 0.2) is 14.1 Å². The van der Waals surface area contributed by atoms with E-state index in [0.717, 1.165) is 35.9 Å². The topological polar surface area (TPSA) is 101 Å². The van der Waals surface area contributed by atoms with Gasteiger partial charge in [-0.25, -0.2) is 14.2 Å². The van der Waals surface area contributed by atoms with Crippen molar-refractivity contribution < 1.29 is 23.1 Å². The Balaban J connectivity index is 1.44. The zero-order chi connectivity index (χ0) is 37.7. The molecule has 2 amide bonds. The lowest BCUT2D eigenvalue weighted by Crippen LogP contribution is -2.45. The number of ether oxygens (including phenoxy) is 1. The van der Waals surface area contributed by atoms with Crippen LogP contribution in [0.15, 0.2) is 21.6 Å². The standard InChI is InChI=1S/C39H51BrFN5O4SSi/c1-38(2,3)49-37(48)45-19-23-16-29(45)33(23)46-28(27-17-24(50-52(8,9)39(4,5)6)20-44(27)36(47)21-12-13-21)18-26-34(46)25-15-22(11-10-14-42)30(40)31(41)32(25)43-35(26)51-7/h15,18,21,23-24,27,29,33H,10-13,16-17,19-20H2,1-9H3/t23-,24+,27-,29-,33+/m1/s1. The average Bonchev–Trinajstić information content (AvgIpc) is 3.34. The molecule has 3 aromatic rings. The maximum absolute atomic E-state index is 16.4. The van der Waals surface area contributed by atoms with Crippen LogP contribution in [0, 0.1) is 29.0 Å². The first-order chi connectivity index (χ1) is 24.3. The van der Waals surface area contributed by atoms with Crippen LogP contribution >= 0.6 is 27.7 Å². The van der Waals surface area contributed by atoms with Gasteiger partial charge >= 0.3 is 6.09 Å². The zero-order valence-corrected chi connectivity index (χ0v) is 35.2. The Bertz CT molecular complexity index is 2000. The van der Waals surface area contributed by atoms with E-state index in [2.05, 4.69) is 71.4 Å². The molecule has 8 rings (SSSR count). The highest BCUT2D eigenvalue weighted by atomic mass is 79.9.